The van der Waals surface area contributed by atoms with Crippen molar-refractivity contribution < 1.29 is 9.59 Å². The van der Waals surface area contributed by atoms with Crippen molar-refractivity contribution >= 4 is 62.0 Å². The number of carbonyl (C=O) groups is 2. The van der Waals surface area contributed by atoms with Gasteiger partial charge >= 0.3 is 0 Å². The molecule has 1 N–H and O–H groups in total. The summed E-state index contributed by atoms with van der Waals surface area (Å²) in [6.45, 7) is 1.15. The number of amides is 2. The Morgan fingerprint density at radius 1 is 1.15 bits per heavy atom. The lowest BCUT2D eigenvalue weighted by atomic mass is 10.1. The van der Waals surface area contributed by atoms with Crippen LogP contribution in [0.5, 0.6) is 0 Å². The van der Waals surface area contributed by atoms with Crippen molar-refractivity contribution in [3.05, 3.63) is 68.4 Å². The van der Waals surface area contributed by atoms with Crippen LogP contribution in [0, 0.1) is 0 Å². The molecule has 0 aliphatic carbocycles. The van der Waals surface area contributed by atoms with Crippen LogP contribution in [0.25, 0.3) is 20.7 Å². The Morgan fingerprint density at radius 2 is 1.97 bits per heavy atom. The smallest absolute Gasteiger partial charge is 0.263 e. The minimum Gasteiger partial charge on any atom is -0.339 e. The highest BCUT2D eigenvalue weighted by Gasteiger charge is 2.23. The lowest BCUT2D eigenvalue weighted by molar-refractivity contribution is -0.116. The van der Waals surface area contributed by atoms with E-state index in [4.69, 9.17) is 11.6 Å². The van der Waals surface area contributed by atoms with Crippen LogP contribution in [-0.4, -0.2) is 39.4 Å². The Labute approximate surface area is 202 Å². The number of likely N-dealkylation sites (tertiary alicyclic amines) is 1. The van der Waals surface area contributed by atoms with E-state index in [1.807, 2.05) is 22.9 Å². The first-order valence-electron chi connectivity index (χ1n) is 10.4. The summed E-state index contributed by atoms with van der Waals surface area (Å²) in [6.07, 6.45) is 3.31. The van der Waals surface area contributed by atoms with Gasteiger partial charge in [0.1, 0.15) is 11.4 Å². The van der Waals surface area contributed by atoms with E-state index in [1.165, 1.54) is 22.2 Å². The fourth-order valence-electron chi connectivity index (χ4n) is 3.93. The minimum atomic E-state index is -0.427. The fraction of sp³-hybridized carbons (Fsp3) is 0.217. The maximum Gasteiger partial charge on any atom is 0.263 e. The lowest BCUT2D eigenvalue weighted by Gasteiger charge is -2.18. The first-order chi connectivity index (χ1) is 16.0. The predicted octanol–water partition coefficient (Wildman–Crippen LogP) is 4.71. The van der Waals surface area contributed by atoms with Crippen LogP contribution < -0.4 is 10.9 Å². The molecule has 2 amide bonds. The van der Waals surface area contributed by atoms with Crippen molar-refractivity contribution in [1.82, 2.24) is 14.5 Å². The molecule has 1 saturated heterocycles. The van der Waals surface area contributed by atoms with Gasteiger partial charge in [-0.1, -0.05) is 17.7 Å². The zero-order valence-electron chi connectivity index (χ0n) is 17.4. The van der Waals surface area contributed by atoms with Crippen LogP contribution in [0.15, 0.2) is 52.2 Å². The maximum atomic E-state index is 13.2. The van der Waals surface area contributed by atoms with E-state index in [2.05, 4.69) is 10.3 Å². The molecule has 4 heterocycles. The molecule has 3 aromatic heterocycles. The molecule has 168 valence electrons. The lowest BCUT2D eigenvalue weighted by Crippen LogP contribution is -2.30. The second-order valence-electron chi connectivity index (χ2n) is 7.72. The van der Waals surface area contributed by atoms with Crippen LogP contribution in [0.4, 0.5) is 5.69 Å². The third-order valence-corrected chi connectivity index (χ3v) is 7.57. The van der Waals surface area contributed by atoms with E-state index < -0.39 is 5.91 Å². The molecular formula is C23H19ClN4O3S2. The average molecular weight is 499 g/mol. The van der Waals surface area contributed by atoms with Crippen LogP contribution in [0.2, 0.25) is 5.02 Å². The van der Waals surface area contributed by atoms with Crippen LogP contribution in [0.3, 0.4) is 0 Å². The highest BCUT2D eigenvalue weighted by molar-refractivity contribution is 7.18. The third-order valence-electron chi connectivity index (χ3n) is 5.54. The average Bonchev–Trinajstić information content (AvgIpc) is 3.57. The van der Waals surface area contributed by atoms with Crippen molar-refractivity contribution in [2.75, 3.05) is 18.4 Å². The summed E-state index contributed by atoms with van der Waals surface area (Å²) < 4.78 is 1.29. The first-order valence-corrected chi connectivity index (χ1v) is 12.5. The van der Waals surface area contributed by atoms with Crippen LogP contribution in [-0.2, 0) is 11.3 Å². The van der Waals surface area contributed by atoms with Gasteiger partial charge in [0.25, 0.3) is 11.5 Å². The Balaban J connectivity index is 1.41. The molecule has 0 unspecified atom stereocenters. The normalized spacial score (nSPS) is 13.5. The molecule has 0 bridgehead atoms. The number of thiophene rings is 2. The van der Waals surface area contributed by atoms with Gasteiger partial charge in [-0.05, 0) is 42.5 Å². The summed E-state index contributed by atoms with van der Waals surface area (Å²) in [5.41, 5.74) is 1.27. The molecule has 5 rings (SSSR count). The number of aromatic nitrogens is 2. The van der Waals surface area contributed by atoms with Crippen LogP contribution in [0.1, 0.15) is 23.2 Å². The molecule has 10 heteroatoms. The molecule has 4 aromatic rings. The number of nitrogens with zero attached hydrogens (tertiary/aromatic N) is 3. The molecule has 1 aromatic carbocycles. The molecule has 1 aliphatic heterocycles. The van der Waals surface area contributed by atoms with Gasteiger partial charge < -0.3 is 10.2 Å². The predicted molar refractivity (Wildman–Crippen MR) is 132 cm³/mol. The van der Waals surface area contributed by atoms with Gasteiger partial charge in [0.15, 0.2) is 0 Å². The topological polar surface area (TPSA) is 84.3 Å². The van der Waals surface area contributed by atoms with Crippen molar-refractivity contribution in [3.8, 4) is 10.4 Å². The SMILES string of the molecule is O=C(Cn1cnc2scc(-c3cccs3)c2c1=O)Nc1ccc(Cl)cc1C(=O)N1CCCC1. The molecule has 0 spiro atoms. The van der Waals surface area contributed by atoms with Gasteiger partial charge in [0.05, 0.1) is 23.0 Å². The van der Waals surface area contributed by atoms with E-state index in [1.54, 1.807) is 34.4 Å². The molecule has 0 radical (unpaired) electrons. The number of nitrogens with one attached hydrogen (secondary N) is 1. The zero-order chi connectivity index (χ0) is 22.9. The highest BCUT2D eigenvalue weighted by atomic mass is 35.5. The largest absolute Gasteiger partial charge is 0.339 e. The number of rotatable bonds is 5. The number of anilines is 1. The second kappa shape index (κ2) is 9.09. The summed E-state index contributed by atoms with van der Waals surface area (Å²) in [7, 11) is 0. The molecule has 33 heavy (non-hydrogen) atoms. The molecule has 0 atom stereocenters. The maximum absolute atomic E-state index is 13.2. The highest BCUT2D eigenvalue weighted by Crippen LogP contribution is 2.33. The minimum absolute atomic E-state index is 0.163. The number of carbonyl (C=O) groups excluding carboxylic acids is 2. The summed E-state index contributed by atoms with van der Waals surface area (Å²) in [5.74, 6) is -0.589. The number of halogens is 1. The van der Waals surface area contributed by atoms with Crippen molar-refractivity contribution in [2.24, 2.45) is 0 Å². The van der Waals surface area contributed by atoms with Gasteiger partial charge in [0.2, 0.25) is 5.91 Å². The quantitative estimate of drug-likeness (QED) is 0.431. The number of fused-ring (bicyclic) bond motifs is 1. The van der Waals surface area contributed by atoms with E-state index in [-0.39, 0.29) is 18.0 Å². The fourth-order valence-corrected chi connectivity index (χ4v) is 5.82. The second-order valence-corrected chi connectivity index (χ2v) is 9.96. The third kappa shape index (κ3) is 4.31. The number of benzene rings is 1. The zero-order valence-corrected chi connectivity index (χ0v) is 19.8. The Morgan fingerprint density at radius 3 is 2.73 bits per heavy atom. The van der Waals surface area contributed by atoms with E-state index in [0.717, 1.165) is 23.3 Å². The van der Waals surface area contributed by atoms with E-state index in [9.17, 15) is 14.4 Å². The van der Waals surface area contributed by atoms with Gasteiger partial charge in [-0.2, -0.15) is 0 Å². The van der Waals surface area contributed by atoms with Crippen LogP contribution >= 0.6 is 34.3 Å². The molecule has 0 saturated carbocycles. The van der Waals surface area contributed by atoms with Crippen molar-refractivity contribution in [1.29, 1.82) is 0 Å². The van der Waals surface area contributed by atoms with Gasteiger partial charge in [-0.25, -0.2) is 4.98 Å². The standard InChI is InChI=1S/C23H19ClN4O3S2/c24-14-5-6-17(15(10-14)22(30)27-7-1-2-8-27)26-19(29)11-28-13-25-21-20(23(28)31)16(12-33-21)18-4-3-9-32-18/h3-6,9-10,12-13H,1-2,7-8,11H2,(H,26,29). The summed E-state index contributed by atoms with van der Waals surface area (Å²) >= 11 is 9.07. The molecule has 1 fully saturated rings. The Kier molecular flexibility index (Phi) is 6.01. The van der Waals surface area contributed by atoms with E-state index >= 15 is 0 Å². The van der Waals surface area contributed by atoms with Gasteiger partial charge in [0, 0.05) is 33.9 Å². The molecule has 7 nitrogen and oxygen atoms in total. The first kappa shape index (κ1) is 21.8. The number of hydrogen-bond acceptors (Lipinski definition) is 6. The monoisotopic (exact) mass is 498 g/mol. The number of hydrogen-bond donors (Lipinski definition) is 1. The van der Waals surface area contributed by atoms with Crippen molar-refractivity contribution in [3.63, 3.8) is 0 Å². The van der Waals surface area contributed by atoms with Gasteiger partial charge in [-0.15, -0.1) is 22.7 Å². The summed E-state index contributed by atoms with van der Waals surface area (Å²) in [6, 6.07) is 8.68. The van der Waals surface area contributed by atoms with E-state index in [0.29, 0.717) is 39.6 Å². The van der Waals surface area contributed by atoms with Gasteiger partial charge in [-0.3, -0.25) is 19.0 Å². The summed E-state index contributed by atoms with van der Waals surface area (Å²) in [5, 5.41) is 7.57. The molecular weight excluding hydrogens is 480 g/mol. The molecule has 1 aliphatic rings. The van der Waals surface area contributed by atoms with Crippen molar-refractivity contribution in [2.45, 2.75) is 19.4 Å². The Bertz CT molecular complexity index is 1410. The Hall–Kier alpha value is -3.01. The summed E-state index contributed by atoms with van der Waals surface area (Å²) in [4.78, 5) is 46.7.